The number of nitrogens with zero attached hydrogens (tertiary/aromatic N) is 4. The van der Waals surface area contributed by atoms with Crippen molar-refractivity contribution in [2.45, 2.75) is 18.5 Å². The highest BCUT2D eigenvalue weighted by Gasteiger charge is 2.23. The van der Waals surface area contributed by atoms with Gasteiger partial charge < -0.3 is 19.7 Å². The third-order valence-corrected chi connectivity index (χ3v) is 5.38. The van der Waals surface area contributed by atoms with E-state index in [1.807, 2.05) is 16.7 Å². The van der Waals surface area contributed by atoms with Gasteiger partial charge in [-0.2, -0.15) is 0 Å². The molecule has 1 aromatic carbocycles. The highest BCUT2D eigenvalue weighted by atomic mass is 32.2. The molecule has 1 aromatic heterocycles. The number of thioether (sulfide) groups is 1. The molecule has 0 atom stereocenters. The molecule has 1 amide bonds. The van der Waals surface area contributed by atoms with Crippen LogP contribution < -0.4 is 10.2 Å². The number of nitrogens with one attached hydrogen (secondary N) is 1. The molecule has 152 valence electrons. The van der Waals surface area contributed by atoms with Crippen LogP contribution in [-0.4, -0.2) is 73.0 Å². The van der Waals surface area contributed by atoms with E-state index in [4.69, 9.17) is 9.47 Å². The summed E-state index contributed by atoms with van der Waals surface area (Å²) in [5.41, 5.74) is 2.15. The molecule has 9 heteroatoms. The molecule has 0 radical (unpaired) electrons. The third-order valence-electron chi connectivity index (χ3n) is 4.45. The lowest BCUT2D eigenvalue weighted by molar-refractivity contribution is -0.118. The second kappa shape index (κ2) is 10.4. The van der Waals surface area contributed by atoms with Crippen molar-refractivity contribution in [2.75, 3.05) is 57.2 Å². The van der Waals surface area contributed by atoms with Gasteiger partial charge in [0.2, 0.25) is 11.9 Å². The van der Waals surface area contributed by atoms with E-state index < -0.39 is 0 Å². The summed E-state index contributed by atoms with van der Waals surface area (Å²) in [6.45, 7) is 6.20. The van der Waals surface area contributed by atoms with Crippen LogP contribution in [0.4, 0.5) is 5.95 Å². The number of carbonyl (C=O) groups is 1. The Morgan fingerprint density at radius 2 is 2.07 bits per heavy atom. The number of methoxy groups -OCH3 is 1. The molecule has 2 aromatic rings. The number of rotatable bonds is 9. The zero-order valence-electron chi connectivity index (χ0n) is 16.4. The van der Waals surface area contributed by atoms with Gasteiger partial charge in [-0.3, -0.25) is 9.36 Å². The Kier molecular flexibility index (Phi) is 7.70. The Balaban J connectivity index is 1.76. The van der Waals surface area contributed by atoms with Crippen molar-refractivity contribution in [2.24, 2.45) is 0 Å². The summed E-state index contributed by atoms with van der Waals surface area (Å²) in [6.07, 6.45) is 0.799. The van der Waals surface area contributed by atoms with Gasteiger partial charge in [0.25, 0.3) is 0 Å². The number of aromatic nitrogens is 3. The lowest BCUT2D eigenvalue weighted by atomic mass is 10.2. The maximum absolute atomic E-state index is 12.1. The Morgan fingerprint density at radius 1 is 1.29 bits per heavy atom. The maximum Gasteiger partial charge on any atom is 0.232 e. The van der Waals surface area contributed by atoms with Crippen LogP contribution in [0.2, 0.25) is 0 Å². The Labute approximate surface area is 169 Å². The normalized spacial score (nSPS) is 14.3. The summed E-state index contributed by atoms with van der Waals surface area (Å²) < 4.78 is 12.5. The van der Waals surface area contributed by atoms with Crippen molar-refractivity contribution in [1.29, 1.82) is 0 Å². The fourth-order valence-electron chi connectivity index (χ4n) is 2.97. The van der Waals surface area contributed by atoms with E-state index in [2.05, 4.69) is 39.5 Å². The van der Waals surface area contributed by atoms with Crippen molar-refractivity contribution in [3.8, 4) is 5.69 Å². The van der Waals surface area contributed by atoms with E-state index in [0.29, 0.717) is 37.3 Å². The number of hydrogen-bond acceptors (Lipinski definition) is 7. The van der Waals surface area contributed by atoms with E-state index in [-0.39, 0.29) is 5.91 Å². The summed E-state index contributed by atoms with van der Waals surface area (Å²) in [7, 11) is 1.65. The summed E-state index contributed by atoms with van der Waals surface area (Å²) in [5, 5.41) is 12.4. The minimum Gasteiger partial charge on any atom is -0.385 e. The number of hydrogen-bond donors (Lipinski definition) is 1. The van der Waals surface area contributed by atoms with Gasteiger partial charge >= 0.3 is 0 Å². The first-order valence-electron chi connectivity index (χ1n) is 9.43. The van der Waals surface area contributed by atoms with Gasteiger partial charge in [0.15, 0.2) is 5.16 Å². The Morgan fingerprint density at radius 3 is 2.82 bits per heavy atom. The number of morpholine rings is 1. The first-order chi connectivity index (χ1) is 13.7. The Bertz CT molecular complexity index is 777. The summed E-state index contributed by atoms with van der Waals surface area (Å²) >= 11 is 1.40. The minimum atomic E-state index is -0.0200. The van der Waals surface area contributed by atoms with Gasteiger partial charge in [-0.25, -0.2) is 0 Å². The first kappa shape index (κ1) is 20.6. The molecule has 8 nitrogen and oxygen atoms in total. The predicted octanol–water partition coefficient (Wildman–Crippen LogP) is 1.66. The molecule has 0 saturated carbocycles. The molecule has 1 saturated heterocycles. The van der Waals surface area contributed by atoms with Crippen LogP contribution in [-0.2, 0) is 14.3 Å². The summed E-state index contributed by atoms with van der Waals surface area (Å²) in [4.78, 5) is 14.3. The van der Waals surface area contributed by atoms with Gasteiger partial charge in [-0.05, 0) is 25.0 Å². The van der Waals surface area contributed by atoms with Crippen LogP contribution in [0.25, 0.3) is 5.69 Å². The lowest BCUT2D eigenvalue weighted by Gasteiger charge is -2.28. The fourth-order valence-corrected chi connectivity index (χ4v) is 3.74. The average Bonchev–Trinajstić information content (AvgIpc) is 3.14. The Hall–Kier alpha value is -2.10. The fraction of sp³-hybridized carbons (Fsp3) is 0.526. The number of amides is 1. The van der Waals surface area contributed by atoms with Gasteiger partial charge in [0.05, 0.1) is 24.7 Å². The first-order valence-corrected chi connectivity index (χ1v) is 10.4. The number of carbonyl (C=O) groups excluding carboxylic acids is 1. The van der Waals surface area contributed by atoms with Crippen molar-refractivity contribution in [3.63, 3.8) is 0 Å². The highest BCUT2D eigenvalue weighted by Crippen LogP contribution is 2.28. The molecular weight excluding hydrogens is 378 g/mol. The van der Waals surface area contributed by atoms with Crippen molar-refractivity contribution in [3.05, 3.63) is 29.8 Å². The molecule has 1 aliphatic heterocycles. The van der Waals surface area contributed by atoms with Crippen molar-refractivity contribution in [1.82, 2.24) is 20.1 Å². The topological polar surface area (TPSA) is 81.5 Å². The van der Waals surface area contributed by atoms with Crippen LogP contribution >= 0.6 is 11.8 Å². The standard InChI is InChI=1S/C19H27N5O3S/c1-15-6-3-4-7-16(15)24-18(23-9-12-27-13-10-23)21-22-19(24)28-14-17(25)20-8-5-11-26-2/h3-4,6-7H,5,8-14H2,1-2H3,(H,20,25). The molecule has 1 fully saturated rings. The summed E-state index contributed by atoms with van der Waals surface area (Å²) in [5.74, 6) is 1.06. The number of aryl methyl sites for hydroxylation is 1. The molecule has 28 heavy (non-hydrogen) atoms. The molecule has 1 N–H and O–H groups in total. The second-order valence-electron chi connectivity index (χ2n) is 6.49. The molecule has 0 bridgehead atoms. The SMILES string of the molecule is COCCCNC(=O)CSc1nnc(N2CCOCC2)n1-c1ccccc1C. The zero-order chi connectivity index (χ0) is 19.8. The zero-order valence-corrected chi connectivity index (χ0v) is 17.2. The van der Waals surface area contributed by atoms with Gasteiger partial charge in [0, 0.05) is 33.4 Å². The molecule has 1 aliphatic rings. The summed E-state index contributed by atoms with van der Waals surface area (Å²) in [6, 6.07) is 8.13. The number of benzene rings is 1. The highest BCUT2D eigenvalue weighted by molar-refractivity contribution is 7.99. The molecule has 0 unspecified atom stereocenters. The number of anilines is 1. The van der Waals surface area contributed by atoms with Crippen molar-refractivity contribution >= 4 is 23.6 Å². The van der Waals surface area contributed by atoms with Crippen LogP contribution in [0.15, 0.2) is 29.4 Å². The minimum absolute atomic E-state index is 0.0200. The average molecular weight is 406 g/mol. The quantitative estimate of drug-likeness (QED) is 0.502. The molecular formula is C19H27N5O3S. The lowest BCUT2D eigenvalue weighted by Crippen LogP contribution is -2.38. The number of ether oxygens (including phenoxy) is 2. The van der Waals surface area contributed by atoms with Crippen LogP contribution in [0, 0.1) is 6.92 Å². The van der Waals surface area contributed by atoms with Gasteiger partial charge in [0.1, 0.15) is 0 Å². The van der Waals surface area contributed by atoms with Gasteiger partial charge in [-0.1, -0.05) is 30.0 Å². The molecule has 0 spiro atoms. The maximum atomic E-state index is 12.1. The third kappa shape index (κ3) is 5.24. The second-order valence-corrected chi connectivity index (χ2v) is 7.43. The van der Waals surface area contributed by atoms with Crippen LogP contribution in [0.3, 0.4) is 0 Å². The molecule has 2 heterocycles. The van der Waals surface area contributed by atoms with Crippen LogP contribution in [0.1, 0.15) is 12.0 Å². The number of para-hydroxylation sites is 1. The van der Waals surface area contributed by atoms with E-state index in [1.54, 1.807) is 7.11 Å². The molecule has 3 rings (SSSR count). The monoisotopic (exact) mass is 405 g/mol. The van der Waals surface area contributed by atoms with Crippen LogP contribution in [0.5, 0.6) is 0 Å². The predicted molar refractivity (Wildman–Crippen MR) is 109 cm³/mol. The smallest absolute Gasteiger partial charge is 0.232 e. The van der Waals surface area contributed by atoms with Crippen molar-refractivity contribution < 1.29 is 14.3 Å². The van der Waals surface area contributed by atoms with E-state index in [1.165, 1.54) is 11.8 Å². The van der Waals surface area contributed by atoms with E-state index in [0.717, 1.165) is 36.7 Å². The van der Waals surface area contributed by atoms with E-state index >= 15 is 0 Å². The van der Waals surface area contributed by atoms with Gasteiger partial charge in [-0.15, -0.1) is 10.2 Å². The van der Waals surface area contributed by atoms with E-state index in [9.17, 15) is 4.79 Å². The largest absolute Gasteiger partial charge is 0.385 e. The molecule has 0 aliphatic carbocycles.